The van der Waals surface area contributed by atoms with Crippen LogP contribution in [0.25, 0.3) is 0 Å². The molecule has 1 N–H and O–H groups in total. The monoisotopic (exact) mass is 466 g/mol. The molecule has 0 radical (unpaired) electrons. The number of benzene rings is 1. The van der Waals surface area contributed by atoms with Gasteiger partial charge in [-0.15, -0.1) is 0 Å². The number of aliphatic carboxylic acids is 1. The van der Waals surface area contributed by atoms with Crippen molar-refractivity contribution in [3.8, 4) is 5.75 Å². The summed E-state index contributed by atoms with van der Waals surface area (Å²) in [5.74, 6) is 0.620. The molecule has 0 aliphatic heterocycles. The maximum absolute atomic E-state index is 13.0. The molecule has 2 rings (SSSR count). The van der Waals surface area contributed by atoms with Crippen LogP contribution in [0, 0.1) is 11.8 Å². The van der Waals surface area contributed by atoms with Gasteiger partial charge in [0.25, 0.3) is 0 Å². The molecule has 1 saturated carbocycles. The molecule has 0 bridgehead atoms. The van der Waals surface area contributed by atoms with Crippen LogP contribution in [0.4, 0.5) is 13.2 Å². The van der Waals surface area contributed by atoms with E-state index in [1.165, 1.54) is 18.9 Å². The predicted molar refractivity (Wildman–Crippen MR) is 125 cm³/mol. The van der Waals surface area contributed by atoms with Gasteiger partial charge in [0.1, 0.15) is 11.9 Å². The molecular weight excluding hydrogens is 429 g/mol. The summed E-state index contributed by atoms with van der Waals surface area (Å²) in [6.45, 7) is 2.09. The van der Waals surface area contributed by atoms with Crippen molar-refractivity contribution in [2.45, 2.75) is 89.8 Å². The standard InChI is InChI=1S/C27H37F3O3/c1-2-3-16-24(33-25-18-10-15-23(20-25)27(28,29)30)17-9-14-22-13-8-12-21(22)11-6-4-5-7-19-26(31)32/h4,6,9-10,14-15,18,20-22,24H,2-3,5,7-8,11-13,16-17,19H2,1H3,(H,31,32)/t21-,22+,24?/m0/s1. The van der Waals surface area contributed by atoms with Crippen LogP contribution in [-0.4, -0.2) is 17.2 Å². The molecule has 6 heteroatoms. The van der Waals surface area contributed by atoms with Crippen LogP contribution in [0.3, 0.4) is 0 Å². The number of allylic oxidation sites excluding steroid dienone is 3. The minimum atomic E-state index is -4.37. The van der Waals surface area contributed by atoms with E-state index in [-0.39, 0.29) is 18.3 Å². The Kier molecular flexibility index (Phi) is 11.6. The average molecular weight is 467 g/mol. The summed E-state index contributed by atoms with van der Waals surface area (Å²) in [5.41, 5.74) is -0.686. The van der Waals surface area contributed by atoms with Gasteiger partial charge < -0.3 is 9.84 Å². The highest BCUT2D eigenvalue weighted by molar-refractivity contribution is 5.66. The normalized spacial score (nSPS) is 20.0. The number of carboxylic acid groups (broad SMARTS) is 1. The molecule has 0 spiro atoms. The molecule has 1 aliphatic rings. The van der Waals surface area contributed by atoms with Crippen molar-refractivity contribution in [3.63, 3.8) is 0 Å². The fourth-order valence-corrected chi connectivity index (χ4v) is 4.37. The molecule has 0 heterocycles. The first kappa shape index (κ1) is 27.0. The zero-order valence-electron chi connectivity index (χ0n) is 19.5. The SMILES string of the molecule is CCCCC(CC=C[C@H]1CCC[C@@H]1CC=CCCCC(=O)O)Oc1cccc(C(F)(F)F)c1. The molecule has 3 atom stereocenters. The zero-order valence-corrected chi connectivity index (χ0v) is 19.5. The number of carbonyl (C=O) groups is 1. The largest absolute Gasteiger partial charge is 0.490 e. The number of alkyl halides is 3. The van der Waals surface area contributed by atoms with Crippen LogP contribution in [0.2, 0.25) is 0 Å². The highest BCUT2D eigenvalue weighted by atomic mass is 19.4. The van der Waals surface area contributed by atoms with Crippen LogP contribution >= 0.6 is 0 Å². The van der Waals surface area contributed by atoms with Crippen molar-refractivity contribution in [1.82, 2.24) is 0 Å². The fourth-order valence-electron chi connectivity index (χ4n) is 4.37. The Morgan fingerprint density at radius 3 is 2.76 bits per heavy atom. The van der Waals surface area contributed by atoms with Gasteiger partial charge in [0.05, 0.1) is 5.56 Å². The average Bonchev–Trinajstić information content (AvgIpc) is 3.21. The second-order valence-corrected chi connectivity index (χ2v) is 8.92. The Balaban J connectivity index is 1.88. The van der Waals surface area contributed by atoms with E-state index in [9.17, 15) is 18.0 Å². The lowest BCUT2D eigenvalue weighted by atomic mass is 9.91. The van der Waals surface area contributed by atoms with Crippen molar-refractivity contribution in [1.29, 1.82) is 0 Å². The van der Waals surface area contributed by atoms with E-state index in [0.29, 0.717) is 24.7 Å². The lowest BCUT2D eigenvalue weighted by molar-refractivity contribution is -0.138. The highest BCUT2D eigenvalue weighted by Crippen LogP contribution is 2.36. The molecule has 1 unspecified atom stereocenters. The number of unbranched alkanes of at least 4 members (excludes halogenated alkanes) is 2. The Hall–Kier alpha value is -2.24. The number of rotatable bonds is 14. The van der Waals surface area contributed by atoms with E-state index < -0.39 is 17.7 Å². The summed E-state index contributed by atoms with van der Waals surface area (Å²) in [6.07, 6.45) is 13.9. The molecule has 0 aromatic heterocycles. The topological polar surface area (TPSA) is 46.5 Å². The van der Waals surface area contributed by atoms with Gasteiger partial charge in [0, 0.05) is 12.8 Å². The van der Waals surface area contributed by atoms with E-state index in [4.69, 9.17) is 9.84 Å². The second kappa shape index (κ2) is 14.1. The van der Waals surface area contributed by atoms with Gasteiger partial charge in [-0.05, 0) is 68.6 Å². The van der Waals surface area contributed by atoms with Crippen LogP contribution in [0.1, 0.15) is 83.1 Å². The number of hydrogen-bond acceptors (Lipinski definition) is 2. The molecule has 0 saturated heterocycles. The summed E-state index contributed by atoms with van der Waals surface area (Å²) in [6, 6.07) is 5.13. The van der Waals surface area contributed by atoms with Crippen LogP contribution in [0.15, 0.2) is 48.6 Å². The molecule has 33 heavy (non-hydrogen) atoms. The fraction of sp³-hybridized carbons (Fsp3) is 0.593. The summed E-state index contributed by atoms with van der Waals surface area (Å²) >= 11 is 0. The maximum atomic E-state index is 13.0. The Morgan fingerprint density at radius 2 is 2.03 bits per heavy atom. The summed E-state index contributed by atoms with van der Waals surface area (Å²) in [5, 5.41) is 8.69. The first-order valence-corrected chi connectivity index (χ1v) is 12.2. The minimum absolute atomic E-state index is 0.140. The molecule has 0 amide bonds. The highest BCUT2D eigenvalue weighted by Gasteiger charge is 2.30. The Labute approximate surface area is 195 Å². The molecule has 1 fully saturated rings. The van der Waals surface area contributed by atoms with Gasteiger partial charge in [-0.1, -0.05) is 56.6 Å². The van der Waals surface area contributed by atoms with E-state index in [2.05, 4.69) is 31.2 Å². The number of ether oxygens (including phenoxy) is 1. The molecule has 1 aromatic rings. The van der Waals surface area contributed by atoms with Crippen molar-refractivity contribution in [2.75, 3.05) is 0 Å². The minimum Gasteiger partial charge on any atom is -0.490 e. The van der Waals surface area contributed by atoms with E-state index in [1.807, 2.05) is 0 Å². The summed E-state index contributed by atoms with van der Waals surface area (Å²) in [7, 11) is 0. The molecule has 3 nitrogen and oxygen atoms in total. The summed E-state index contributed by atoms with van der Waals surface area (Å²) < 4.78 is 45.0. The smallest absolute Gasteiger partial charge is 0.416 e. The molecule has 1 aromatic carbocycles. The van der Waals surface area contributed by atoms with Gasteiger partial charge in [-0.3, -0.25) is 4.79 Å². The Bertz CT molecular complexity index is 770. The second-order valence-electron chi connectivity index (χ2n) is 8.92. The predicted octanol–water partition coefficient (Wildman–Crippen LogP) is 8.21. The third kappa shape index (κ3) is 10.5. The molecular formula is C27H37F3O3. The number of halogens is 3. The van der Waals surface area contributed by atoms with Gasteiger partial charge >= 0.3 is 12.1 Å². The Morgan fingerprint density at radius 1 is 1.21 bits per heavy atom. The van der Waals surface area contributed by atoms with E-state index in [0.717, 1.165) is 50.7 Å². The first-order valence-electron chi connectivity index (χ1n) is 12.2. The lowest BCUT2D eigenvalue weighted by Gasteiger charge is -2.19. The lowest BCUT2D eigenvalue weighted by Crippen LogP contribution is -2.16. The number of hydrogen-bond donors (Lipinski definition) is 1. The van der Waals surface area contributed by atoms with E-state index >= 15 is 0 Å². The van der Waals surface area contributed by atoms with Gasteiger partial charge in [0.15, 0.2) is 0 Å². The molecule has 1 aliphatic carbocycles. The molecule has 184 valence electrons. The van der Waals surface area contributed by atoms with Gasteiger partial charge in [0.2, 0.25) is 0 Å². The quantitative estimate of drug-likeness (QED) is 0.222. The van der Waals surface area contributed by atoms with Crippen molar-refractivity contribution in [2.24, 2.45) is 11.8 Å². The van der Waals surface area contributed by atoms with Gasteiger partial charge in [-0.2, -0.15) is 13.2 Å². The summed E-state index contributed by atoms with van der Waals surface area (Å²) in [4.78, 5) is 10.6. The third-order valence-electron chi connectivity index (χ3n) is 6.21. The number of carboxylic acids is 1. The van der Waals surface area contributed by atoms with Crippen LogP contribution < -0.4 is 4.74 Å². The maximum Gasteiger partial charge on any atom is 0.416 e. The first-order chi connectivity index (χ1) is 15.8. The van der Waals surface area contributed by atoms with Crippen molar-refractivity contribution in [3.05, 3.63) is 54.1 Å². The zero-order chi connectivity index (χ0) is 24.1. The van der Waals surface area contributed by atoms with Crippen LogP contribution in [0.5, 0.6) is 5.75 Å². The van der Waals surface area contributed by atoms with Crippen LogP contribution in [-0.2, 0) is 11.0 Å². The third-order valence-corrected chi connectivity index (χ3v) is 6.21. The van der Waals surface area contributed by atoms with Gasteiger partial charge in [-0.25, -0.2) is 0 Å². The van der Waals surface area contributed by atoms with Crippen molar-refractivity contribution >= 4 is 5.97 Å². The van der Waals surface area contributed by atoms with Crippen molar-refractivity contribution < 1.29 is 27.8 Å². The van der Waals surface area contributed by atoms with E-state index in [1.54, 1.807) is 6.07 Å².